The smallest absolute Gasteiger partial charge is 0.229 e. The summed E-state index contributed by atoms with van der Waals surface area (Å²) >= 11 is 0. The van der Waals surface area contributed by atoms with Crippen LogP contribution in [0.4, 0.5) is 11.4 Å². The first-order valence-corrected chi connectivity index (χ1v) is 8.88. The second-order valence-corrected chi connectivity index (χ2v) is 6.89. The fourth-order valence-electron chi connectivity index (χ4n) is 3.01. The molecule has 0 spiro atoms. The zero-order chi connectivity index (χ0) is 19.4. The van der Waals surface area contributed by atoms with Crippen LogP contribution in [-0.2, 0) is 16.1 Å². The van der Waals surface area contributed by atoms with Crippen molar-refractivity contribution in [3.05, 3.63) is 36.7 Å². The van der Waals surface area contributed by atoms with Gasteiger partial charge in [0.15, 0.2) is 0 Å². The van der Waals surface area contributed by atoms with Crippen LogP contribution in [0.3, 0.4) is 0 Å². The summed E-state index contributed by atoms with van der Waals surface area (Å²) in [6.45, 7) is 1.96. The van der Waals surface area contributed by atoms with Crippen molar-refractivity contribution in [1.29, 1.82) is 0 Å². The van der Waals surface area contributed by atoms with E-state index >= 15 is 0 Å². The number of hydrogen-bond donors (Lipinski definition) is 1. The van der Waals surface area contributed by atoms with Crippen molar-refractivity contribution in [2.24, 2.45) is 5.92 Å². The van der Waals surface area contributed by atoms with Gasteiger partial charge < -0.3 is 19.9 Å². The molecule has 1 atom stereocenters. The van der Waals surface area contributed by atoms with Gasteiger partial charge in [0, 0.05) is 37.5 Å². The summed E-state index contributed by atoms with van der Waals surface area (Å²) in [5.74, 6) is 0.0538. The number of carbonyl (C=O) groups excluding carboxylic acids is 2. The molecule has 0 aliphatic carbocycles. The average molecular weight is 371 g/mol. The molecule has 1 aromatic heterocycles. The van der Waals surface area contributed by atoms with Crippen LogP contribution < -0.4 is 15.0 Å². The zero-order valence-corrected chi connectivity index (χ0v) is 15.9. The Kier molecular flexibility index (Phi) is 5.75. The van der Waals surface area contributed by atoms with E-state index in [2.05, 4.69) is 15.3 Å². The van der Waals surface area contributed by atoms with Gasteiger partial charge in [0.1, 0.15) is 5.75 Å². The quantitative estimate of drug-likeness (QED) is 0.797. The molecular weight excluding hydrogens is 346 g/mol. The van der Waals surface area contributed by atoms with Crippen molar-refractivity contribution in [1.82, 2.24) is 14.7 Å². The number of nitrogens with one attached hydrogen (secondary N) is 1. The van der Waals surface area contributed by atoms with Gasteiger partial charge in [-0.1, -0.05) is 6.07 Å². The molecule has 1 saturated heterocycles. The van der Waals surface area contributed by atoms with E-state index in [1.807, 2.05) is 32.3 Å². The van der Waals surface area contributed by atoms with E-state index in [1.165, 1.54) is 0 Å². The van der Waals surface area contributed by atoms with Crippen LogP contribution in [-0.4, -0.2) is 60.8 Å². The van der Waals surface area contributed by atoms with Crippen LogP contribution in [0.2, 0.25) is 0 Å². The second kappa shape index (κ2) is 8.22. The molecule has 1 N–H and O–H groups in total. The molecule has 1 aliphatic heterocycles. The van der Waals surface area contributed by atoms with Crippen molar-refractivity contribution in [2.75, 3.05) is 44.5 Å². The number of nitrogens with zero attached hydrogens (tertiary/aromatic N) is 4. The normalized spacial score (nSPS) is 16.8. The largest absolute Gasteiger partial charge is 0.497 e. The van der Waals surface area contributed by atoms with Crippen LogP contribution in [0.5, 0.6) is 5.75 Å². The number of ether oxygens (including phenoxy) is 1. The molecule has 144 valence electrons. The summed E-state index contributed by atoms with van der Waals surface area (Å²) in [5, 5.41) is 7.12. The summed E-state index contributed by atoms with van der Waals surface area (Å²) in [4.78, 5) is 28.7. The lowest BCUT2D eigenvalue weighted by atomic mass is 10.1. The maximum Gasteiger partial charge on any atom is 0.229 e. The van der Waals surface area contributed by atoms with E-state index < -0.39 is 5.92 Å². The van der Waals surface area contributed by atoms with Crippen molar-refractivity contribution in [2.45, 2.75) is 13.0 Å². The summed E-state index contributed by atoms with van der Waals surface area (Å²) < 4.78 is 7.00. The Labute approximate surface area is 158 Å². The first-order valence-electron chi connectivity index (χ1n) is 8.88. The molecule has 0 saturated carbocycles. The summed E-state index contributed by atoms with van der Waals surface area (Å²) in [5.41, 5.74) is 1.39. The minimum atomic E-state index is -0.395. The molecule has 2 heterocycles. The highest BCUT2D eigenvalue weighted by Crippen LogP contribution is 2.28. The van der Waals surface area contributed by atoms with E-state index in [9.17, 15) is 9.59 Å². The molecule has 3 rings (SSSR count). The topological polar surface area (TPSA) is 79.7 Å². The molecule has 8 heteroatoms. The second-order valence-electron chi connectivity index (χ2n) is 6.89. The SMILES string of the molecule is COc1cccc(N2CC(C(=O)Nc3cnn(CCN(C)C)c3)CC2=O)c1. The molecular formula is C19H25N5O3. The first-order chi connectivity index (χ1) is 13.0. The molecule has 1 unspecified atom stereocenters. The molecule has 0 radical (unpaired) electrons. The lowest BCUT2D eigenvalue weighted by molar-refractivity contribution is -0.122. The number of aromatic nitrogens is 2. The number of likely N-dealkylation sites (N-methyl/N-ethyl adjacent to an activating group) is 1. The number of anilines is 2. The maximum atomic E-state index is 12.6. The number of hydrogen-bond acceptors (Lipinski definition) is 5. The number of amides is 2. The minimum absolute atomic E-state index is 0.0647. The summed E-state index contributed by atoms with van der Waals surface area (Å²) in [6.07, 6.45) is 3.62. The summed E-state index contributed by atoms with van der Waals surface area (Å²) in [6, 6.07) is 7.29. The van der Waals surface area contributed by atoms with Crippen LogP contribution in [0, 0.1) is 5.92 Å². The molecule has 2 aromatic rings. The number of benzene rings is 1. The van der Waals surface area contributed by atoms with Gasteiger partial charge in [0.2, 0.25) is 11.8 Å². The lowest BCUT2D eigenvalue weighted by Gasteiger charge is -2.17. The minimum Gasteiger partial charge on any atom is -0.497 e. The summed E-state index contributed by atoms with van der Waals surface area (Å²) in [7, 11) is 5.58. The van der Waals surface area contributed by atoms with E-state index in [1.54, 1.807) is 35.2 Å². The fourth-order valence-corrected chi connectivity index (χ4v) is 3.01. The highest BCUT2D eigenvalue weighted by atomic mass is 16.5. The van der Waals surface area contributed by atoms with Crippen molar-refractivity contribution in [3.63, 3.8) is 0 Å². The Balaban J connectivity index is 1.60. The van der Waals surface area contributed by atoms with Crippen LogP contribution in [0.15, 0.2) is 36.7 Å². The van der Waals surface area contributed by atoms with Gasteiger partial charge in [0.25, 0.3) is 0 Å². The van der Waals surface area contributed by atoms with Crippen LogP contribution >= 0.6 is 0 Å². The Morgan fingerprint density at radius 3 is 2.96 bits per heavy atom. The van der Waals surface area contributed by atoms with Crippen molar-refractivity contribution >= 4 is 23.2 Å². The van der Waals surface area contributed by atoms with E-state index in [4.69, 9.17) is 4.74 Å². The Bertz CT molecular complexity index is 817. The lowest BCUT2D eigenvalue weighted by Crippen LogP contribution is -2.28. The number of rotatable bonds is 7. The molecule has 1 aliphatic rings. The molecule has 8 nitrogen and oxygen atoms in total. The molecule has 0 bridgehead atoms. The van der Waals surface area contributed by atoms with Crippen molar-refractivity contribution in [3.8, 4) is 5.75 Å². The third-order valence-corrected chi connectivity index (χ3v) is 4.54. The average Bonchev–Trinajstić information content (AvgIpc) is 3.26. The predicted octanol–water partition coefficient (Wildman–Crippen LogP) is 1.44. The fraction of sp³-hybridized carbons (Fsp3) is 0.421. The Morgan fingerprint density at radius 1 is 1.41 bits per heavy atom. The van der Waals surface area contributed by atoms with E-state index in [0.717, 1.165) is 18.8 Å². The number of methoxy groups -OCH3 is 1. The van der Waals surface area contributed by atoms with Gasteiger partial charge in [-0.3, -0.25) is 14.3 Å². The van der Waals surface area contributed by atoms with Gasteiger partial charge in [0.05, 0.1) is 31.5 Å². The first kappa shape index (κ1) is 18.9. The third kappa shape index (κ3) is 4.65. The van der Waals surface area contributed by atoms with E-state index in [-0.39, 0.29) is 18.2 Å². The van der Waals surface area contributed by atoms with Crippen molar-refractivity contribution < 1.29 is 14.3 Å². The molecule has 1 fully saturated rings. The zero-order valence-electron chi connectivity index (χ0n) is 15.9. The molecule has 2 amide bonds. The number of carbonyl (C=O) groups is 2. The standard InChI is InChI=1S/C19H25N5O3/c1-22(2)7-8-23-13-15(11-20-23)21-19(26)14-9-18(25)24(12-14)16-5-4-6-17(10-16)27-3/h4-6,10-11,13-14H,7-9,12H2,1-3H3,(H,21,26). The third-order valence-electron chi connectivity index (χ3n) is 4.54. The van der Waals surface area contributed by atoms with Gasteiger partial charge in [-0.25, -0.2) is 0 Å². The van der Waals surface area contributed by atoms with Gasteiger partial charge in [-0.2, -0.15) is 5.10 Å². The Morgan fingerprint density at radius 2 is 2.22 bits per heavy atom. The predicted molar refractivity (Wildman–Crippen MR) is 103 cm³/mol. The maximum absolute atomic E-state index is 12.6. The highest BCUT2D eigenvalue weighted by Gasteiger charge is 2.35. The van der Waals surface area contributed by atoms with Gasteiger partial charge in [-0.05, 0) is 26.2 Å². The highest BCUT2D eigenvalue weighted by molar-refractivity contribution is 6.03. The molecule has 27 heavy (non-hydrogen) atoms. The van der Waals surface area contributed by atoms with Crippen LogP contribution in [0.1, 0.15) is 6.42 Å². The van der Waals surface area contributed by atoms with Crippen LogP contribution in [0.25, 0.3) is 0 Å². The van der Waals surface area contributed by atoms with E-state index in [0.29, 0.717) is 18.0 Å². The van der Waals surface area contributed by atoms with Gasteiger partial charge in [-0.15, -0.1) is 0 Å². The molecule has 1 aromatic carbocycles. The van der Waals surface area contributed by atoms with Gasteiger partial charge >= 0.3 is 0 Å². The Hall–Kier alpha value is -2.87. The monoisotopic (exact) mass is 371 g/mol.